The number of nitrogens with zero attached hydrogens (tertiary/aromatic N) is 2. The molecule has 7 heteroatoms. The number of anilines is 3. The van der Waals surface area contributed by atoms with Gasteiger partial charge in [-0.05, 0) is 39.0 Å². The molecule has 0 fully saturated rings. The van der Waals surface area contributed by atoms with E-state index in [9.17, 15) is 4.79 Å². The van der Waals surface area contributed by atoms with Crippen molar-refractivity contribution >= 4 is 34.8 Å². The summed E-state index contributed by atoms with van der Waals surface area (Å²) >= 11 is 6.07. The van der Waals surface area contributed by atoms with Crippen LogP contribution in [0.2, 0.25) is 5.02 Å². The maximum Gasteiger partial charge on any atom is 0.412 e. The van der Waals surface area contributed by atoms with Crippen molar-refractivity contribution < 1.29 is 9.53 Å². The van der Waals surface area contributed by atoms with Crippen LogP contribution in [0.25, 0.3) is 0 Å². The molecule has 0 radical (unpaired) electrons. The molecule has 116 valence electrons. The Hall–Kier alpha value is -2.34. The number of carbonyl (C=O) groups is 1. The summed E-state index contributed by atoms with van der Waals surface area (Å²) in [5, 5.41) is 6.23. The van der Waals surface area contributed by atoms with Crippen LogP contribution in [-0.4, -0.2) is 21.7 Å². The Balaban J connectivity index is 2.11. The highest BCUT2D eigenvalue weighted by Gasteiger charge is 2.16. The summed E-state index contributed by atoms with van der Waals surface area (Å²) in [7, 11) is 0. The van der Waals surface area contributed by atoms with E-state index in [1.807, 2.05) is 0 Å². The SMILES string of the molecule is CC(C)(C)OC(=O)Nc1cc(Cl)cc(Nc2cncnc2)c1. The van der Waals surface area contributed by atoms with Crippen molar-refractivity contribution in [2.45, 2.75) is 26.4 Å². The summed E-state index contributed by atoms with van der Waals surface area (Å²) in [6.45, 7) is 5.40. The first-order valence-corrected chi connectivity index (χ1v) is 7.02. The average Bonchev–Trinajstić information content (AvgIpc) is 2.36. The topological polar surface area (TPSA) is 76.1 Å². The number of nitrogens with one attached hydrogen (secondary N) is 2. The van der Waals surface area contributed by atoms with E-state index < -0.39 is 11.7 Å². The number of hydrogen-bond donors (Lipinski definition) is 2. The largest absolute Gasteiger partial charge is 0.444 e. The lowest BCUT2D eigenvalue weighted by Crippen LogP contribution is -2.27. The van der Waals surface area contributed by atoms with Crippen molar-refractivity contribution in [3.05, 3.63) is 41.9 Å². The fourth-order valence-corrected chi connectivity index (χ4v) is 1.92. The Morgan fingerprint density at radius 2 is 1.73 bits per heavy atom. The first kappa shape index (κ1) is 16.0. The van der Waals surface area contributed by atoms with Crippen LogP contribution < -0.4 is 10.6 Å². The number of hydrogen-bond acceptors (Lipinski definition) is 5. The molecular weight excluding hydrogens is 304 g/mol. The summed E-state index contributed by atoms with van der Waals surface area (Å²) in [6, 6.07) is 5.11. The molecular formula is C15H17ClN4O2. The van der Waals surface area contributed by atoms with E-state index in [4.69, 9.17) is 16.3 Å². The first-order valence-electron chi connectivity index (χ1n) is 6.64. The van der Waals surface area contributed by atoms with E-state index in [0.717, 1.165) is 0 Å². The molecule has 1 heterocycles. The van der Waals surface area contributed by atoms with Crippen LogP contribution in [0.5, 0.6) is 0 Å². The first-order chi connectivity index (χ1) is 10.3. The smallest absolute Gasteiger partial charge is 0.412 e. The number of amides is 1. The second kappa shape index (κ2) is 6.62. The Labute approximate surface area is 133 Å². The molecule has 0 atom stereocenters. The third-order valence-electron chi connectivity index (χ3n) is 2.39. The van der Waals surface area contributed by atoms with E-state index in [0.29, 0.717) is 22.1 Å². The van der Waals surface area contributed by atoms with Crippen LogP contribution in [-0.2, 0) is 4.74 Å². The van der Waals surface area contributed by atoms with E-state index >= 15 is 0 Å². The van der Waals surface area contributed by atoms with Gasteiger partial charge in [0, 0.05) is 16.4 Å². The van der Waals surface area contributed by atoms with Gasteiger partial charge < -0.3 is 10.1 Å². The summed E-state index contributed by atoms with van der Waals surface area (Å²) in [5.41, 5.74) is 1.38. The van der Waals surface area contributed by atoms with Crippen molar-refractivity contribution in [1.82, 2.24) is 9.97 Å². The highest BCUT2D eigenvalue weighted by atomic mass is 35.5. The summed E-state index contributed by atoms with van der Waals surface area (Å²) < 4.78 is 5.21. The number of halogens is 1. The predicted molar refractivity (Wildman–Crippen MR) is 86.6 cm³/mol. The number of rotatable bonds is 3. The van der Waals surface area contributed by atoms with E-state index in [-0.39, 0.29) is 0 Å². The number of aromatic nitrogens is 2. The fourth-order valence-electron chi connectivity index (χ4n) is 1.69. The van der Waals surface area contributed by atoms with Gasteiger partial charge in [0.15, 0.2) is 0 Å². The molecule has 1 aromatic carbocycles. The lowest BCUT2D eigenvalue weighted by Gasteiger charge is -2.20. The van der Waals surface area contributed by atoms with Gasteiger partial charge in [-0.15, -0.1) is 0 Å². The van der Waals surface area contributed by atoms with Crippen molar-refractivity contribution in [2.75, 3.05) is 10.6 Å². The van der Waals surface area contributed by atoms with Gasteiger partial charge >= 0.3 is 6.09 Å². The maximum atomic E-state index is 11.8. The van der Waals surface area contributed by atoms with Gasteiger partial charge in [0.25, 0.3) is 0 Å². The van der Waals surface area contributed by atoms with Gasteiger partial charge in [-0.25, -0.2) is 14.8 Å². The molecule has 0 bridgehead atoms. The number of ether oxygens (including phenoxy) is 1. The minimum atomic E-state index is -0.564. The summed E-state index contributed by atoms with van der Waals surface area (Å²) in [6.07, 6.45) is 4.17. The van der Waals surface area contributed by atoms with Crippen molar-refractivity contribution in [1.29, 1.82) is 0 Å². The van der Waals surface area contributed by atoms with E-state index in [1.165, 1.54) is 6.33 Å². The quantitative estimate of drug-likeness (QED) is 0.885. The van der Waals surface area contributed by atoms with Crippen LogP contribution in [0, 0.1) is 0 Å². The molecule has 1 aromatic heterocycles. The molecule has 2 rings (SSSR count). The van der Waals surface area contributed by atoms with Gasteiger partial charge in [-0.3, -0.25) is 5.32 Å². The Morgan fingerprint density at radius 3 is 2.36 bits per heavy atom. The molecule has 2 N–H and O–H groups in total. The second-order valence-corrected chi connectivity index (χ2v) is 6.04. The van der Waals surface area contributed by atoms with Crippen LogP contribution in [0.4, 0.5) is 21.9 Å². The number of carbonyl (C=O) groups excluding carboxylic acids is 1. The van der Waals surface area contributed by atoms with Crippen molar-refractivity contribution in [2.24, 2.45) is 0 Å². The van der Waals surface area contributed by atoms with E-state index in [1.54, 1.807) is 51.4 Å². The molecule has 0 spiro atoms. The minimum Gasteiger partial charge on any atom is -0.444 e. The van der Waals surface area contributed by atoms with Gasteiger partial charge in [-0.2, -0.15) is 0 Å². The van der Waals surface area contributed by atoms with Crippen LogP contribution >= 0.6 is 11.6 Å². The molecule has 0 aliphatic rings. The van der Waals surface area contributed by atoms with Crippen molar-refractivity contribution in [3.63, 3.8) is 0 Å². The molecule has 2 aromatic rings. The Bertz CT molecular complexity index is 656. The molecule has 6 nitrogen and oxygen atoms in total. The third kappa shape index (κ3) is 5.21. The predicted octanol–water partition coefficient (Wildman–Crippen LogP) is 4.22. The molecule has 1 amide bonds. The zero-order valence-electron chi connectivity index (χ0n) is 12.6. The van der Waals surface area contributed by atoms with Gasteiger partial charge in [0.05, 0.1) is 18.1 Å². The Morgan fingerprint density at radius 1 is 1.09 bits per heavy atom. The fraction of sp³-hybridized carbons (Fsp3) is 0.267. The van der Waals surface area contributed by atoms with Gasteiger partial charge in [0.1, 0.15) is 11.9 Å². The lowest BCUT2D eigenvalue weighted by molar-refractivity contribution is 0.0636. The molecule has 22 heavy (non-hydrogen) atoms. The summed E-state index contributed by atoms with van der Waals surface area (Å²) in [5.74, 6) is 0. The average molecular weight is 321 g/mol. The zero-order chi connectivity index (χ0) is 16.2. The standard InChI is InChI=1S/C15H17ClN4O2/c1-15(2,3)22-14(21)20-12-5-10(16)4-11(6-12)19-13-7-17-9-18-8-13/h4-9,19H,1-3H3,(H,20,21). The molecule has 0 saturated carbocycles. The second-order valence-electron chi connectivity index (χ2n) is 5.61. The molecule has 0 saturated heterocycles. The van der Waals surface area contributed by atoms with Crippen LogP contribution in [0.15, 0.2) is 36.9 Å². The van der Waals surface area contributed by atoms with Crippen LogP contribution in [0.3, 0.4) is 0 Å². The highest BCUT2D eigenvalue weighted by Crippen LogP contribution is 2.25. The van der Waals surface area contributed by atoms with E-state index in [2.05, 4.69) is 20.6 Å². The van der Waals surface area contributed by atoms with Gasteiger partial charge in [-0.1, -0.05) is 11.6 Å². The number of benzene rings is 1. The zero-order valence-corrected chi connectivity index (χ0v) is 13.3. The molecule has 0 aliphatic heterocycles. The van der Waals surface area contributed by atoms with Gasteiger partial charge in [0.2, 0.25) is 0 Å². The maximum absolute atomic E-state index is 11.8. The molecule has 0 aliphatic carbocycles. The van der Waals surface area contributed by atoms with Crippen molar-refractivity contribution in [3.8, 4) is 0 Å². The third-order valence-corrected chi connectivity index (χ3v) is 2.61. The lowest BCUT2D eigenvalue weighted by atomic mass is 10.2. The summed E-state index contributed by atoms with van der Waals surface area (Å²) in [4.78, 5) is 19.6. The Kier molecular flexibility index (Phi) is 4.82. The normalized spacial score (nSPS) is 10.9. The highest BCUT2D eigenvalue weighted by molar-refractivity contribution is 6.31. The minimum absolute atomic E-state index is 0.480. The van der Waals surface area contributed by atoms with Crippen LogP contribution in [0.1, 0.15) is 20.8 Å². The monoisotopic (exact) mass is 320 g/mol. The molecule has 0 unspecified atom stereocenters.